The topological polar surface area (TPSA) is 70.2 Å². The van der Waals surface area contributed by atoms with E-state index in [2.05, 4.69) is 20.6 Å². The Labute approximate surface area is 145 Å². The first kappa shape index (κ1) is 18.7. The Morgan fingerprint density at radius 3 is 2.60 bits per heavy atom. The second-order valence-corrected chi connectivity index (χ2v) is 5.85. The highest BCUT2D eigenvalue weighted by Gasteiger charge is 2.11. The molecule has 1 amide bonds. The quantitative estimate of drug-likeness (QED) is 0.752. The summed E-state index contributed by atoms with van der Waals surface area (Å²) in [5, 5.41) is 5.64. The Kier molecular flexibility index (Phi) is 6.35. The summed E-state index contributed by atoms with van der Waals surface area (Å²) in [5.74, 6) is -1.47. The number of rotatable bonds is 7. The van der Waals surface area contributed by atoms with Crippen LogP contribution in [-0.2, 0) is 0 Å². The van der Waals surface area contributed by atoms with Gasteiger partial charge in [0.15, 0.2) is 11.6 Å². The number of amides is 1. The predicted octanol–water partition coefficient (Wildman–Crippen LogP) is 2.49. The van der Waals surface area contributed by atoms with Gasteiger partial charge in [-0.3, -0.25) is 4.79 Å². The fraction of sp³-hybridized carbons (Fsp3) is 0.353. The molecule has 2 N–H and O–H groups in total. The highest BCUT2D eigenvalue weighted by Crippen LogP contribution is 2.18. The van der Waals surface area contributed by atoms with Gasteiger partial charge in [0.2, 0.25) is 0 Å². The van der Waals surface area contributed by atoms with E-state index in [1.54, 1.807) is 6.92 Å². The van der Waals surface area contributed by atoms with Gasteiger partial charge in [-0.05, 0) is 46.1 Å². The molecule has 0 atom stereocenters. The Morgan fingerprint density at radius 1 is 1.16 bits per heavy atom. The first-order chi connectivity index (χ1) is 11.8. The number of halogens is 2. The summed E-state index contributed by atoms with van der Waals surface area (Å²) < 4.78 is 26.3. The van der Waals surface area contributed by atoms with Gasteiger partial charge in [-0.1, -0.05) is 0 Å². The molecule has 0 radical (unpaired) electrons. The molecule has 0 aliphatic rings. The molecule has 2 rings (SSSR count). The van der Waals surface area contributed by atoms with E-state index in [0.29, 0.717) is 23.9 Å². The number of nitrogens with zero attached hydrogens (tertiary/aromatic N) is 3. The van der Waals surface area contributed by atoms with Gasteiger partial charge in [0.1, 0.15) is 17.3 Å². The minimum absolute atomic E-state index is 0.211. The molecule has 0 saturated heterocycles. The number of anilines is 2. The summed E-state index contributed by atoms with van der Waals surface area (Å²) in [6, 6.07) is 4.89. The second-order valence-electron chi connectivity index (χ2n) is 5.85. The lowest BCUT2D eigenvalue weighted by Gasteiger charge is -2.11. The molecule has 0 bridgehead atoms. The third kappa shape index (κ3) is 5.75. The van der Waals surface area contributed by atoms with E-state index in [1.165, 1.54) is 12.1 Å². The Hall–Kier alpha value is -2.61. The van der Waals surface area contributed by atoms with Gasteiger partial charge in [-0.2, -0.15) is 0 Å². The molecule has 8 heteroatoms. The number of carbonyl (C=O) groups is 1. The minimum atomic E-state index is -0.963. The first-order valence-electron chi connectivity index (χ1n) is 7.86. The zero-order valence-corrected chi connectivity index (χ0v) is 14.4. The van der Waals surface area contributed by atoms with Crippen LogP contribution in [0, 0.1) is 18.6 Å². The number of aryl methyl sites for hydroxylation is 1. The zero-order valence-electron chi connectivity index (χ0n) is 14.4. The van der Waals surface area contributed by atoms with Gasteiger partial charge < -0.3 is 15.5 Å². The normalized spacial score (nSPS) is 10.8. The monoisotopic (exact) mass is 349 g/mol. The fourth-order valence-electron chi connectivity index (χ4n) is 2.16. The van der Waals surface area contributed by atoms with Crippen molar-refractivity contribution in [2.24, 2.45) is 0 Å². The number of benzene rings is 1. The van der Waals surface area contributed by atoms with Crippen molar-refractivity contribution in [1.82, 2.24) is 20.2 Å². The zero-order chi connectivity index (χ0) is 18.4. The second kappa shape index (κ2) is 8.48. The minimum Gasteiger partial charge on any atom is -0.351 e. The average molecular weight is 349 g/mol. The molecule has 1 aromatic heterocycles. The molecule has 1 heterocycles. The summed E-state index contributed by atoms with van der Waals surface area (Å²) in [4.78, 5) is 22.5. The number of nitrogens with one attached hydrogen (secondary N) is 2. The molecule has 0 saturated carbocycles. The first-order valence-corrected chi connectivity index (χ1v) is 7.86. The summed E-state index contributed by atoms with van der Waals surface area (Å²) in [7, 11) is 3.93. The maximum Gasteiger partial charge on any atom is 0.270 e. The average Bonchev–Trinajstić information content (AvgIpc) is 2.54. The van der Waals surface area contributed by atoms with Gasteiger partial charge in [0.05, 0.1) is 0 Å². The van der Waals surface area contributed by atoms with E-state index in [4.69, 9.17) is 0 Å². The van der Waals surface area contributed by atoms with Crippen LogP contribution in [0.4, 0.5) is 20.3 Å². The van der Waals surface area contributed by atoms with E-state index >= 15 is 0 Å². The lowest BCUT2D eigenvalue weighted by Crippen LogP contribution is -2.28. The van der Waals surface area contributed by atoms with Gasteiger partial charge in [-0.15, -0.1) is 0 Å². The van der Waals surface area contributed by atoms with Gasteiger partial charge in [0, 0.05) is 24.4 Å². The van der Waals surface area contributed by atoms with E-state index in [-0.39, 0.29) is 11.6 Å². The summed E-state index contributed by atoms with van der Waals surface area (Å²) in [6.07, 6.45) is 0.822. The van der Waals surface area contributed by atoms with Gasteiger partial charge >= 0.3 is 0 Å². The molecular formula is C17H21F2N5O. The van der Waals surface area contributed by atoms with Crippen molar-refractivity contribution in [2.45, 2.75) is 13.3 Å². The lowest BCUT2D eigenvalue weighted by atomic mass is 10.3. The summed E-state index contributed by atoms with van der Waals surface area (Å²) in [5.41, 5.74) is 0.539. The third-order valence-corrected chi connectivity index (χ3v) is 3.33. The van der Waals surface area contributed by atoms with Crippen LogP contribution in [-0.4, -0.2) is 48.0 Å². The van der Waals surface area contributed by atoms with Crippen molar-refractivity contribution < 1.29 is 13.6 Å². The number of hydrogen-bond acceptors (Lipinski definition) is 5. The summed E-state index contributed by atoms with van der Waals surface area (Å²) in [6.45, 7) is 3.05. The van der Waals surface area contributed by atoms with Crippen LogP contribution in [0.3, 0.4) is 0 Å². The van der Waals surface area contributed by atoms with Crippen LogP contribution in [0.15, 0.2) is 24.3 Å². The Balaban J connectivity index is 2.06. The number of carbonyl (C=O) groups excluding carboxylic acids is 1. The Morgan fingerprint density at radius 2 is 1.92 bits per heavy atom. The van der Waals surface area contributed by atoms with Crippen molar-refractivity contribution in [1.29, 1.82) is 0 Å². The molecule has 0 aliphatic heterocycles. The van der Waals surface area contributed by atoms with E-state index < -0.39 is 11.6 Å². The number of hydrogen-bond donors (Lipinski definition) is 2. The smallest absolute Gasteiger partial charge is 0.270 e. The van der Waals surface area contributed by atoms with Crippen LogP contribution in [0.1, 0.15) is 22.7 Å². The molecule has 0 fully saturated rings. The SMILES string of the molecule is Cc1nc(Nc2ccc(F)c(F)c2)cc(C(=O)NCCCN(C)C)n1. The molecule has 1 aromatic carbocycles. The number of aromatic nitrogens is 2. The Bertz CT molecular complexity index is 752. The fourth-order valence-corrected chi connectivity index (χ4v) is 2.16. The van der Waals surface area contributed by atoms with Crippen LogP contribution >= 0.6 is 0 Å². The van der Waals surface area contributed by atoms with Crippen molar-refractivity contribution in [2.75, 3.05) is 32.5 Å². The predicted molar refractivity (Wildman–Crippen MR) is 91.9 cm³/mol. The molecule has 134 valence electrons. The summed E-state index contributed by atoms with van der Waals surface area (Å²) >= 11 is 0. The maximum atomic E-state index is 13.3. The molecule has 25 heavy (non-hydrogen) atoms. The van der Waals surface area contributed by atoms with E-state index in [0.717, 1.165) is 25.1 Å². The third-order valence-electron chi connectivity index (χ3n) is 3.33. The molecular weight excluding hydrogens is 328 g/mol. The van der Waals surface area contributed by atoms with E-state index in [9.17, 15) is 13.6 Å². The standard InChI is InChI=1S/C17H21F2N5O/c1-11-21-15(17(25)20-7-4-8-24(2)3)10-16(22-11)23-12-5-6-13(18)14(19)9-12/h5-6,9-10H,4,7-8H2,1-3H3,(H,20,25)(H,21,22,23). The van der Waals surface area contributed by atoms with Gasteiger partial charge in [0.25, 0.3) is 5.91 Å². The van der Waals surface area contributed by atoms with Crippen molar-refractivity contribution in [3.8, 4) is 0 Å². The molecule has 0 spiro atoms. The lowest BCUT2D eigenvalue weighted by molar-refractivity contribution is 0.0947. The molecule has 6 nitrogen and oxygen atoms in total. The van der Waals surface area contributed by atoms with Crippen molar-refractivity contribution >= 4 is 17.4 Å². The largest absolute Gasteiger partial charge is 0.351 e. The highest BCUT2D eigenvalue weighted by atomic mass is 19.2. The highest BCUT2D eigenvalue weighted by molar-refractivity contribution is 5.93. The van der Waals surface area contributed by atoms with Crippen molar-refractivity contribution in [3.05, 3.63) is 47.4 Å². The van der Waals surface area contributed by atoms with E-state index in [1.807, 2.05) is 19.0 Å². The molecule has 2 aromatic rings. The maximum absolute atomic E-state index is 13.3. The molecule has 0 unspecified atom stereocenters. The van der Waals surface area contributed by atoms with Crippen LogP contribution < -0.4 is 10.6 Å². The van der Waals surface area contributed by atoms with Crippen molar-refractivity contribution in [3.63, 3.8) is 0 Å². The van der Waals surface area contributed by atoms with Gasteiger partial charge in [-0.25, -0.2) is 18.7 Å². The molecule has 0 aliphatic carbocycles. The van der Waals surface area contributed by atoms with Crippen LogP contribution in [0.5, 0.6) is 0 Å². The van der Waals surface area contributed by atoms with Crippen LogP contribution in [0.2, 0.25) is 0 Å². The van der Waals surface area contributed by atoms with Crippen LogP contribution in [0.25, 0.3) is 0 Å².